The average Bonchev–Trinajstić information content (AvgIpc) is 2.88. The van der Waals surface area contributed by atoms with Crippen molar-refractivity contribution in [3.05, 3.63) is 46.5 Å². The molecule has 20 heavy (non-hydrogen) atoms. The van der Waals surface area contributed by atoms with Gasteiger partial charge >= 0.3 is 0 Å². The summed E-state index contributed by atoms with van der Waals surface area (Å²) in [6.07, 6.45) is 1.09. The molecule has 1 aromatic heterocycles. The van der Waals surface area contributed by atoms with Crippen molar-refractivity contribution in [1.29, 1.82) is 0 Å². The second-order valence-electron chi connectivity index (χ2n) is 4.62. The zero-order chi connectivity index (χ0) is 14.7. The largest absolute Gasteiger partial charge is 0.391 e. The van der Waals surface area contributed by atoms with Crippen LogP contribution in [0.15, 0.2) is 30.9 Å². The third-order valence-electron chi connectivity index (χ3n) is 3.12. The Hall–Kier alpha value is -1.14. The van der Waals surface area contributed by atoms with E-state index in [1.807, 2.05) is 0 Å². The van der Waals surface area contributed by atoms with Crippen LogP contribution >= 0.6 is 23.2 Å². The summed E-state index contributed by atoms with van der Waals surface area (Å²) in [5.74, 6) is -0.415. The lowest BCUT2D eigenvalue weighted by Gasteiger charge is -2.26. The Balaban J connectivity index is 2.34. The summed E-state index contributed by atoms with van der Waals surface area (Å²) in [7, 11) is 0. The molecule has 2 N–H and O–H groups in total. The molecule has 0 fully saturated rings. The van der Waals surface area contributed by atoms with Gasteiger partial charge in [0.2, 0.25) is 0 Å². The van der Waals surface area contributed by atoms with Crippen LogP contribution in [0.5, 0.6) is 0 Å². The fourth-order valence-corrected chi connectivity index (χ4v) is 2.61. The summed E-state index contributed by atoms with van der Waals surface area (Å²) in [5.41, 5.74) is 0.708. The first-order chi connectivity index (χ1) is 9.49. The van der Waals surface area contributed by atoms with Crippen molar-refractivity contribution < 1.29 is 10.2 Å². The van der Waals surface area contributed by atoms with Gasteiger partial charge in [0.15, 0.2) is 0 Å². The van der Waals surface area contributed by atoms with E-state index < -0.39 is 18.1 Å². The van der Waals surface area contributed by atoms with Gasteiger partial charge in [-0.1, -0.05) is 29.3 Å². The Bertz CT molecular complexity index is 561. The lowest BCUT2D eigenvalue weighted by Crippen LogP contribution is -2.32. The second kappa shape index (κ2) is 6.54. The molecule has 1 aromatic carbocycles. The number of benzene rings is 1. The maximum Gasteiger partial charge on any atom is 0.137 e. The summed E-state index contributed by atoms with van der Waals surface area (Å²) >= 11 is 12.1. The molecular formula is C13H15Cl2N3O2. The molecule has 0 amide bonds. The van der Waals surface area contributed by atoms with Crippen LogP contribution in [0.2, 0.25) is 10.0 Å². The molecule has 0 saturated heterocycles. The van der Waals surface area contributed by atoms with Gasteiger partial charge in [-0.25, -0.2) is 4.98 Å². The topological polar surface area (TPSA) is 71.2 Å². The molecular weight excluding hydrogens is 301 g/mol. The highest BCUT2D eigenvalue weighted by atomic mass is 35.5. The minimum absolute atomic E-state index is 0.355. The minimum atomic E-state index is -0.974. The maximum atomic E-state index is 10.2. The molecule has 7 heteroatoms. The molecule has 0 bridgehead atoms. The lowest BCUT2D eigenvalue weighted by molar-refractivity contribution is 0.00913. The van der Waals surface area contributed by atoms with Crippen LogP contribution in [0.1, 0.15) is 18.4 Å². The number of hydrogen-bond donors (Lipinski definition) is 2. The quantitative estimate of drug-likeness (QED) is 0.886. The molecule has 0 spiro atoms. The highest BCUT2D eigenvalue weighted by Gasteiger charge is 2.27. The molecule has 3 atom stereocenters. The smallest absolute Gasteiger partial charge is 0.137 e. The van der Waals surface area contributed by atoms with E-state index in [0.29, 0.717) is 22.2 Å². The number of halogens is 2. The van der Waals surface area contributed by atoms with Crippen molar-refractivity contribution in [1.82, 2.24) is 14.8 Å². The van der Waals surface area contributed by atoms with Crippen molar-refractivity contribution in [2.24, 2.45) is 0 Å². The molecule has 0 aliphatic heterocycles. The minimum Gasteiger partial charge on any atom is -0.391 e. The Morgan fingerprint density at radius 2 is 2.05 bits per heavy atom. The summed E-state index contributed by atoms with van der Waals surface area (Å²) < 4.78 is 1.58. The first-order valence-corrected chi connectivity index (χ1v) is 6.88. The molecule has 2 rings (SSSR count). The van der Waals surface area contributed by atoms with Crippen LogP contribution in [0.3, 0.4) is 0 Å². The standard InChI is InChI=1S/C13H15Cl2N3O2/c1-8(19)13(20)11(5-18-7-16-6-17-18)10-3-2-9(14)4-12(10)15/h2-4,6-8,11,13,19-20H,5H2,1H3. The van der Waals surface area contributed by atoms with Crippen molar-refractivity contribution in [2.45, 2.75) is 31.6 Å². The van der Waals surface area contributed by atoms with Gasteiger partial charge in [-0.3, -0.25) is 4.68 Å². The molecule has 0 radical (unpaired) electrons. The zero-order valence-electron chi connectivity index (χ0n) is 10.8. The maximum absolute atomic E-state index is 10.2. The van der Waals surface area contributed by atoms with Gasteiger partial charge in [-0.15, -0.1) is 0 Å². The highest BCUT2D eigenvalue weighted by Crippen LogP contribution is 2.31. The van der Waals surface area contributed by atoms with Gasteiger partial charge in [0.05, 0.1) is 18.8 Å². The number of nitrogens with zero attached hydrogens (tertiary/aromatic N) is 3. The van der Waals surface area contributed by atoms with E-state index in [9.17, 15) is 10.2 Å². The number of rotatable bonds is 5. The summed E-state index contributed by atoms with van der Waals surface area (Å²) in [6, 6.07) is 5.06. The van der Waals surface area contributed by atoms with Gasteiger partial charge in [-0.05, 0) is 24.6 Å². The van der Waals surface area contributed by atoms with Crippen molar-refractivity contribution in [2.75, 3.05) is 0 Å². The first-order valence-electron chi connectivity index (χ1n) is 6.12. The van der Waals surface area contributed by atoms with Crippen LogP contribution < -0.4 is 0 Å². The summed E-state index contributed by atoms with van der Waals surface area (Å²) in [6.45, 7) is 1.89. The molecule has 108 valence electrons. The van der Waals surface area contributed by atoms with Crippen molar-refractivity contribution >= 4 is 23.2 Å². The fraction of sp³-hybridized carbons (Fsp3) is 0.385. The summed E-state index contributed by atoms with van der Waals surface area (Å²) in [5, 5.41) is 24.9. The van der Waals surface area contributed by atoms with E-state index >= 15 is 0 Å². The number of aliphatic hydroxyl groups is 2. The Labute approximate surface area is 126 Å². The lowest BCUT2D eigenvalue weighted by atomic mass is 9.90. The van der Waals surface area contributed by atoms with E-state index in [0.717, 1.165) is 0 Å². The molecule has 3 unspecified atom stereocenters. The fourth-order valence-electron chi connectivity index (χ4n) is 2.06. The predicted octanol–water partition coefficient (Wildman–Crippen LogP) is 2.11. The van der Waals surface area contributed by atoms with E-state index in [2.05, 4.69) is 10.1 Å². The Kier molecular flexibility index (Phi) is 4.99. The van der Waals surface area contributed by atoms with Gasteiger partial charge in [-0.2, -0.15) is 5.10 Å². The third-order valence-corrected chi connectivity index (χ3v) is 3.68. The van der Waals surface area contributed by atoms with Gasteiger partial charge in [0.1, 0.15) is 12.7 Å². The monoisotopic (exact) mass is 315 g/mol. The SMILES string of the molecule is CC(O)C(O)C(Cn1cncn1)c1ccc(Cl)cc1Cl. The van der Waals surface area contributed by atoms with Crippen molar-refractivity contribution in [3.8, 4) is 0 Å². The molecule has 1 heterocycles. The molecule has 0 aliphatic carbocycles. The number of hydrogen-bond acceptors (Lipinski definition) is 4. The van der Waals surface area contributed by atoms with Crippen LogP contribution in [-0.4, -0.2) is 37.2 Å². The van der Waals surface area contributed by atoms with E-state index in [4.69, 9.17) is 23.2 Å². The summed E-state index contributed by atoms with van der Waals surface area (Å²) in [4.78, 5) is 3.86. The molecule has 2 aromatic rings. The van der Waals surface area contributed by atoms with Crippen LogP contribution in [0, 0.1) is 0 Å². The second-order valence-corrected chi connectivity index (χ2v) is 5.46. The zero-order valence-corrected chi connectivity index (χ0v) is 12.3. The van der Waals surface area contributed by atoms with Gasteiger partial charge in [0, 0.05) is 16.0 Å². The molecule has 5 nitrogen and oxygen atoms in total. The average molecular weight is 316 g/mol. The number of aromatic nitrogens is 3. The van der Waals surface area contributed by atoms with Crippen LogP contribution in [0.25, 0.3) is 0 Å². The van der Waals surface area contributed by atoms with Crippen molar-refractivity contribution in [3.63, 3.8) is 0 Å². The van der Waals surface area contributed by atoms with Gasteiger partial charge in [0.25, 0.3) is 0 Å². The third kappa shape index (κ3) is 3.49. The van der Waals surface area contributed by atoms with E-state index in [1.54, 1.807) is 29.2 Å². The Morgan fingerprint density at radius 3 is 2.60 bits per heavy atom. The Morgan fingerprint density at radius 1 is 1.30 bits per heavy atom. The molecule has 0 aliphatic rings. The van der Waals surface area contributed by atoms with Crippen LogP contribution in [0.4, 0.5) is 0 Å². The first kappa shape index (κ1) is 15.3. The predicted molar refractivity (Wildman–Crippen MR) is 76.9 cm³/mol. The number of aliphatic hydroxyl groups excluding tert-OH is 2. The van der Waals surface area contributed by atoms with E-state index in [1.165, 1.54) is 13.3 Å². The van der Waals surface area contributed by atoms with E-state index in [-0.39, 0.29) is 0 Å². The normalized spacial score (nSPS) is 15.8. The van der Waals surface area contributed by atoms with Crippen LogP contribution in [-0.2, 0) is 6.54 Å². The molecule has 0 saturated carbocycles. The highest BCUT2D eigenvalue weighted by molar-refractivity contribution is 6.35. The van der Waals surface area contributed by atoms with Gasteiger partial charge < -0.3 is 10.2 Å².